The lowest BCUT2D eigenvalue weighted by molar-refractivity contribution is -0.140. The van der Waals surface area contributed by atoms with Gasteiger partial charge < -0.3 is 10.2 Å². The van der Waals surface area contributed by atoms with Crippen LogP contribution in [0.3, 0.4) is 0 Å². The van der Waals surface area contributed by atoms with Crippen LogP contribution in [0.2, 0.25) is 0 Å². The largest absolute Gasteiger partial charge is 0.338 e. The highest BCUT2D eigenvalue weighted by Gasteiger charge is 2.40. The number of halogens is 1. The molecule has 0 unspecified atom stereocenters. The maximum atomic E-state index is 14.3. The van der Waals surface area contributed by atoms with Gasteiger partial charge in [0.15, 0.2) is 0 Å². The third-order valence-corrected chi connectivity index (χ3v) is 4.39. The Balaban J connectivity index is 1.90. The molecule has 2 aromatic rings. The number of aryl methyl sites for hydroxylation is 1. The summed E-state index contributed by atoms with van der Waals surface area (Å²) in [5.74, 6) is -1.27. The number of benzene rings is 1. The average molecular weight is 330 g/mol. The number of hydrogen-bond donors (Lipinski definition) is 1. The lowest BCUT2D eigenvalue weighted by Gasteiger charge is -2.38. The Morgan fingerprint density at radius 3 is 2.75 bits per heavy atom. The summed E-state index contributed by atoms with van der Waals surface area (Å²) >= 11 is 0. The van der Waals surface area contributed by atoms with Gasteiger partial charge in [-0.1, -0.05) is 18.2 Å². The second kappa shape index (κ2) is 6.43. The molecule has 1 aromatic carbocycles. The Bertz CT molecular complexity index is 773. The third kappa shape index (κ3) is 3.02. The van der Waals surface area contributed by atoms with Crippen LogP contribution in [0.15, 0.2) is 36.7 Å². The van der Waals surface area contributed by atoms with Crippen LogP contribution in [-0.2, 0) is 16.6 Å². The summed E-state index contributed by atoms with van der Waals surface area (Å²) in [5, 5.41) is 6.81. The highest BCUT2D eigenvalue weighted by atomic mass is 19.1. The summed E-state index contributed by atoms with van der Waals surface area (Å²) in [6, 6.07) is 5.65. The minimum absolute atomic E-state index is 0.0892. The van der Waals surface area contributed by atoms with Crippen LogP contribution in [0, 0.1) is 11.7 Å². The second-order valence-corrected chi connectivity index (χ2v) is 6.01. The summed E-state index contributed by atoms with van der Waals surface area (Å²) in [6.45, 7) is 0. The fourth-order valence-corrected chi connectivity index (χ4v) is 3.17. The van der Waals surface area contributed by atoms with Crippen LogP contribution in [-0.4, -0.2) is 33.5 Å². The van der Waals surface area contributed by atoms with E-state index in [1.54, 1.807) is 49.4 Å². The quantitative estimate of drug-likeness (QED) is 0.937. The van der Waals surface area contributed by atoms with Gasteiger partial charge in [0.05, 0.1) is 23.8 Å². The monoisotopic (exact) mass is 330 g/mol. The molecule has 7 heteroatoms. The number of aromatic nitrogens is 2. The fourth-order valence-electron chi connectivity index (χ4n) is 3.17. The van der Waals surface area contributed by atoms with E-state index in [0.29, 0.717) is 17.7 Å². The maximum Gasteiger partial charge on any atom is 0.230 e. The number of nitrogens with zero attached hydrogens (tertiary/aromatic N) is 3. The van der Waals surface area contributed by atoms with E-state index in [4.69, 9.17) is 0 Å². The number of nitrogens with one attached hydrogen (secondary N) is 1. The van der Waals surface area contributed by atoms with Crippen molar-refractivity contribution in [2.45, 2.75) is 18.9 Å². The van der Waals surface area contributed by atoms with Gasteiger partial charge in [-0.3, -0.25) is 14.3 Å². The predicted octanol–water partition coefficient (Wildman–Crippen LogP) is 2.11. The molecule has 1 saturated heterocycles. The molecule has 2 amide bonds. The van der Waals surface area contributed by atoms with Crippen LogP contribution in [0.4, 0.5) is 10.1 Å². The van der Waals surface area contributed by atoms with Gasteiger partial charge in [0, 0.05) is 32.3 Å². The minimum Gasteiger partial charge on any atom is -0.338 e. The Morgan fingerprint density at radius 2 is 2.08 bits per heavy atom. The lowest BCUT2D eigenvalue weighted by atomic mass is 9.83. The zero-order valence-electron chi connectivity index (χ0n) is 13.6. The van der Waals surface area contributed by atoms with E-state index in [2.05, 4.69) is 10.4 Å². The third-order valence-electron chi connectivity index (χ3n) is 4.39. The zero-order chi connectivity index (χ0) is 17.3. The van der Waals surface area contributed by atoms with E-state index in [0.717, 1.165) is 0 Å². The van der Waals surface area contributed by atoms with Crippen molar-refractivity contribution in [3.63, 3.8) is 0 Å². The molecule has 1 N–H and O–H groups in total. The molecular formula is C17H19FN4O2. The molecule has 0 radical (unpaired) electrons. The first-order valence-electron chi connectivity index (χ1n) is 7.77. The second-order valence-electron chi connectivity index (χ2n) is 6.01. The van der Waals surface area contributed by atoms with E-state index in [1.165, 1.54) is 11.0 Å². The predicted molar refractivity (Wildman–Crippen MR) is 86.5 cm³/mol. The zero-order valence-corrected chi connectivity index (χ0v) is 13.6. The van der Waals surface area contributed by atoms with Crippen LogP contribution < -0.4 is 5.32 Å². The summed E-state index contributed by atoms with van der Waals surface area (Å²) in [6.07, 6.45) is 3.89. The van der Waals surface area contributed by atoms with Gasteiger partial charge in [-0.05, 0) is 12.5 Å². The van der Waals surface area contributed by atoms with Crippen molar-refractivity contribution in [3.05, 3.63) is 48.0 Å². The topological polar surface area (TPSA) is 67.2 Å². The molecule has 0 bridgehead atoms. The molecule has 2 atom stereocenters. The molecule has 0 spiro atoms. The number of carbonyl (C=O) groups excluding carboxylic acids is 2. The number of hydrogen-bond acceptors (Lipinski definition) is 3. The van der Waals surface area contributed by atoms with Crippen molar-refractivity contribution < 1.29 is 14.0 Å². The van der Waals surface area contributed by atoms with Crippen molar-refractivity contribution in [2.75, 3.05) is 12.4 Å². The van der Waals surface area contributed by atoms with E-state index in [1.807, 2.05) is 0 Å². The fraction of sp³-hybridized carbons (Fsp3) is 0.353. The maximum absolute atomic E-state index is 14.3. The molecular weight excluding hydrogens is 311 g/mol. The molecule has 1 aliphatic rings. The van der Waals surface area contributed by atoms with E-state index in [-0.39, 0.29) is 18.2 Å². The molecule has 1 aromatic heterocycles. The molecule has 2 heterocycles. The van der Waals surface area contributed by atoms with E-state index >= 15 is 0 Å². The number of piperidine rings is 1. The van der Waals surface area contributed by atoms with Crippen LogP contribution in [0.25, 0.3) is 0 Å². The summed E-state index contributed by atoms with van der Waals surface area (Å²) < 4.78 is 15.8. The first kappa shape index (κ1) is 16.2. The van der Waals surface area contributed by atoms with Crippen LogP contribution >= 0.6 is 0 Å². The highest BCUT2D eigenvalue weighted by molar-refractivity contribution is 5.94. The molecule has 0 aliphatic carbocycles. The van der Waals surface area contributed by atoms with Gasteiger partial charge in [0.25, 0.3) is 0 Å². The average Bonchev–Trinajstić information content (AvgIpc) is 2.95. The molecule has 1 fully saturated rings. The lowest BCUT2D eigenvalue weighted by Crippen LogP contribution is -2.44. The first-order chi connectivity index (χ1) is 11.5. The van der Waals surface area contributed by atoms with Crippen molar-refractivity contribution in [1.29, 1.82) is 0 Å². The Hall–Kier alpha value is -2.70. The van der Waals surface area contributed by atoms with Gasteiger partial charge in [-0.2, -0.15) is 5.10 Å². The van der Waals surface area contributed by atoms with Crippen molar-refractivity contribution in [3.8, 4) is 0 Å². The Kier molecular flexibility index (Phi) is 4.33. The van der Waals surface area contributed by atoms with Gasteiger partial charge >= 0.3 is 0 Å². The van der Waals surface area contributed by atoms with Gasteiger partial charge in [0.2, 0.25) is 11.8 Å². The number of anilines is 1. The number of rotatable bonds is 3. The van der Waals surface area contributed by atoms with Gasteiger partial charge in [0.1, 0.15) is 5.82 Å². The summed E-state index contributed by atoms with van der Waals surface area (Å²) in [4.78, 5) is 26.3. The van der Waals surface area contributed by atoms with Crippen LogP contribution in [0.5, 0.6) is 0 Å². The normalized spacial score (nSPS) is 21.0. The molecule has 6 nitrogen and oxygen atoms in total. The highest BCUT2D eigenvalue weighted by Crippen LogP contribution is 2.37. The number of carbonyl (C=O) groups is 2. The molecule has 0 saturated carbocycles. The molecule has 1 aliphatic heterocycles. The smallest absolute Gasteiger partial charge is 0.230 e. The van der Waals surface area contributed by atoms with E-state index in [9.17, 15) is 14.0 Å². The number of amides is 2. The van der Waals surface area contributed by atoms with Crippen molar-refractivity contribution in [2.24, 2.45) is 13.0 Å². The molecule has 126 valence electrons. The Labute approximate surface area is 139 Å². The van der Waals surface area contributed by atoms with Crippen LogP contribution in [0.1, 0.15) is 24.4 Å². The van der Waals surface area contributed by atoms with Gasteiger partial charge in [-0.15, -0.1) is 0 Å². The first-order valence-corrected chi connectivity index (χ1v) is 7.77. The Morgan fingerprint density at radius 1 is 1.33 bits per heavy atom. The summed E-state index contributed by atoms with van der Waals surface area (Å²) in [7, 11) is 3.37. The molecule has 24 heavy (non-hydrogen) atoms. The van der Waals surface area contributed by atoms with E-state index < -0.39 is 17.8 Å². The van der Waals surface area contributed by atoms with Crippen molar-refractivity contribution in [1.82, 2.24) is 14.7 Å². The number of likely N-dealkylation sites (tertiary alicyclic amines) is 1. The SMILES string of the molecule is CN1C(=O)CC[C@@H](C(=O)Nc2cnn(C)c2)[C@H]1c1ccccc1F. The summed E-state index contributed by atoms with van der Waals surface area (Å²) in [5.41, 5.74) is 0.939. The van der Waals surface area contributed by atoms with Crippen molar-refractivity contribution >= 4 is 17.5 Å². The standard InChI is InChI=1S/C17H19FN4O2/c1-21-10-11(9-19-21)20-17(24)13-7-8-15(23)22(2)16(13)12-5-3-4-6-14(12)18/h3-6,9-10,13,16H,7-8H2,1-2H3,(H,20,24)/t13-,16-/m1/s1. The minimum atomic E-state index is -0.621. The molecule has 3 rings (SSSR count). The van der Waals surface area contributed by atoms with Gasteiger partial charge in [-0.25, -0.2) is 4.39 Å².